The van der Waals surface area contributed by atoms with Crippen LogP contribution in [0.5, 0.6) is 5.75 Å². The molecule has 0 saturated carbocycles. The van der Waals surface area contributed by atoms with Crippen molar-refractivity contribution in [3.8, 4) is 5.75 Å². The molecule has 1 aromatic rings. The third-order valence-electron chi connectivity index (χ3n) is 2.99. The Balaban J connectivity index is 2.50. The van der Waals surface area contributed by atoms with E-state index in [9.17, 15) is 10.1 Å². The summed E-state index contributed by atoms with van der Waals surface area (Å²) in [5, 5.41) is 13.9. The number of hydrogen-bond donors (Lipinski definition) is 1. The van der Waals surface area contributed by atoms with Crippen molar-refractivity contribution in [2.24, 2.45) is 0 Å². The van der Waals surface area contributed by atoms with Crippen molar-refractivity contribution in [2.45, 2.75) is 39.0 Å². The summed E-state index contributed by atoms with van der Waals surface area (Å²) in [7, 11) is 1.56. The Kier molecular flexibility index (Phi) is 6.71. The zero-order valence-corrected chi connectivity index (χ0v) is 11.6. The summed E-state index contributed by atoms with van der Waals surface area (Å²) in [6.45, 7) is 2.99. The van der Waals surface area contributed by atoms with Crippen molar-refractivity contribution in [3.05, 3.63) is 28.3 Å². The maximum atomic E-state index is 10.7. The molecule has 5 heteroatoms. The van der Waals surface area contributed by atoms with Crippen LogP contribution in [-0.4, -0.2) is 18.6 Å². The average molecular weight is 266 g/mol. The number of non-ortho nitro benzene ring substituents is 1. The number of methoxy groups -OCH3 is 1. The Morgan fingerprint density at radius 2 is 2.00 bits per heavy atom. The van der Waals surface area contributed by atoms with Gasteiger partial charge in [-0.15, -0.1) is 0 Å². The molecule has 0 saturated heterocycles. The van der Waals surface area contributed by atoms with E-state index in [2.05, 4.69) is 12.2 Å². The normalized spacial score (nSPS) is 10.2. The molecular formula is C14H22N2O3. The lowest BCUT2D eigenvalue weighted by Crippen LogP contribution is -2.04. The Morgan fingerprint density at radius 1 is 1.26 bits per heavy atom. The molecule has 5 nitrogen and oxygen atoms in total. The third-order valence-corrected chi connectivity index (χ3v) is 2.99. The lowest BCUT2D eigenvalue weighted by molar-refractivity contribution is -0.384. The van der Waals surface area contributed by atoms with Crippen molar-refractivity contribution in [2.75, 3.05) is 19.0 Å². The summed E-state index contributed by atoms with van der Waals surface area (Å²) in [6, 6.07) is 4.59. The van der Waals surface area contributed by atoms with Crippen molar-refractivity contribution in [1.82, 2.24) is 0 Å². The Labute approximate surface area is 114 Å². The number of nitrogens with one attached hydrogen (secondary N) is 1. The minimum Gasteiger partial charge on any atom is -0.495 e. The number of rotatable bonds is 9. The second kappa shape index (κ2) is 8.34. The Bertz CT molecular complexity index is 408. The maximum absolute atomic E-state index is 10.7. The fourth-order valence-electron chi connectivity index (χ4n) is 1.90. The molecule has 0 atom stereocenters. The zero-order valence-electron chi connectivity index (χ0n) is 11.6. The number of nitrogens with zero attached hydrogens (tertiary/aromatic N) is 1. The highest BCUT2D eigenvalue weighted by molar-refractivity contribution is 5.61. The van der Waals surface area contributed by atoms with Crippen LogP contribution >= 0.6 is 0 Å². The summed E-state index contributed by atoms with van der Waals surface area (Å²) >= 11 is 0. The van der Waals surface area contributed by atoms with Crippen molar-refractivity contribution < 1.29 is 9.66 Å². The topological polar surface area (TPSA) is 64.4 Å². The molecular weight excluding hydrogens is 244 g/mol. The van der Waals surface area contributed by atoms with Crippen LogP contribution < -0.4 is 10.1 Å². The van der Waals surface area contributed by atoms with Crippen molar-refractivity contribution in [3.63, 3.8) is 0 Å². The lowest BCUT2D eigenvalue weighted by Gasteiger charge is -2.10. The van der Waals surface area contributed by atoms with E-state index in [0.29, 0.717) is 11.4 Å². The number of unbranched alkanes of at least 4 members (excludes halogenated alkanes) is 4. The highest BCUT2D eigenvalue weighted by Crippen LogP contribution is 2.28. The average Bonchev–Trinajstić information content (AvgIpc) is 2.42. The van der Waals surface area contributed by atoms with Gasteiger partial charge in [-0.2, -0.15) is 0 Å². The Hall–Kier alpha value is -1.78. The fourth-order valence-corrected chi connectivity index (χ4v) is 1.90. The first kappa shape index (κ1) is 15.3. The van der Waals surface area contributed by atoms with Crippen LogP contribution in [0, 0.1) is 10.1 Å². The highest BCUT2D eigenvalue weighted by atomic mass is 16.6. The molecule has 0 amide bonds. The number of benzene rings is 1. The first-order valence-corrected chi connectivity index (χ1v) is 6.75. The summed E-state index contributed by atoms with van der Waals surface area (Å²) < 4.78 is 5.19. The standard InChI is InChI=1S/C14H22N2O3/c1-3-4-5-6-7-10-15-13-11-12(16(17)18)8-9-14(13)19-2/h8-9,11,15H,3-7,10H2,1-2H3. The summed E-state index contributed by atoms with van der Waals surface area (Å²) in [4.78, 5) is 10.3. The predicted octanol–water partition coefficient (Wildman–Crippen LogP) is 3.99. The number of anilines is 1. The minimum absolute atomic E-state index is 0.0780. The molecule has 1 N–H and O–H groups in total. The van der Waals surface area contributed by atoms with Gasteiger partial charge in [-0.3, -0.25) is 10.1 Å². The second-order valence-corrected chi connectivity index (χ2v) is 4.48. The third kappa shape index (κ3) is 5.16. The molecule has 0 fully saturated rings. The Morgan fingerprint density at radius 3 is 2.63 bits per heavy atom. The number of nitro benzene ring substituents is 1. The molecule has 1 rings (SSSR count). The van der Waals surface area contributed by atoms with Crippen LogP contribution in [0.4, 0.5) is 11.4 Å². The second-order valence-electron chi connectivity index (χ2n) is 4.48. The van der Waals surface area contributed by atoms with E-state index in [1.54, 1.807) is 13.2 Å². The van der Waals surface area contributed by atoms with Gasteiger partial charge in [0.2, 0.25) is 0 Å². The van der Waals surface area contributed by atoms with Gasteiger partial charge in [-0.25, -0.2) is 0 Å². The summed E-state index contributed by atoms with van der Waals surface area (Å²) in [6.07, 6.45) is 5.97. The molecule has 0 aliphatic rings. The van der Waals surface area contributed by atoms with E-state index < -0.39 is 4.92 Å². The highest BCUT2D eigenvalue weighted by Gasteiger charge is 2.10. The van der Waals surface area contributed by atoms with E-state index in [1.807, 2.05) is 0 Å². The van der Waals surface area contributed by atoms with E-state index in [0.717, 1.165) is 13.0 Å². The molecule has 0 aliphatic heterocycles. The molecule has 0 aliphatic carbocycles. The van der Waals surface area contributed by atoms with Crippen LogP contribution in [0.2, 0.25) is 0 Å². The lowest BCUT2D eigenvalue weighted by atomic mass is 10.1. The van der Waals surface area contributed by atoms with Gasteiger partial charge in [0, 0.05) is 18.7 Å². The van der Waals surface area contributed by atoms with Crippen molar-refractivity contribution >= 4 is 11.4 Å². The monoisotopic (exact) mass is 266 g/mol. The first-order valence-electron chi connectivity index (χ1n) is 6.75. The number of nitro groups is 1. The van der Waals surface area contributed by atoms with Gasteiger partial charge in [0.25, 0.3) is 5.69 Å². The molecule has 0 aromatic heterocycles. The summed E-state index contributed by atoms with van der Waals surface area (Å²) in [5.74, 6) is 0.638. The van der Waals surface area contributed by atoms with Crippen LogP contribution in [0.1, 0.15) is 39.0 Å². The van der Waals surface area contributed by atoms with E-state index in [-0.39, 0.29) is 5.69 Å². The van der Waals surface area contributed by atoms with Crippen LogP contribution in [0.3, 0.4) is 0 Å². The fraction of sp³-hybridized carbons (Fsp3) is 0.571. The zero-order chi connectivity index (χ0) is 14.1. The largest absolute Gasteiger partial charge is 0.495 e. The van der Waals surface area contributed by atoms with E-state index in [4.69, 9.17) is 4.74 Å². The van der Waals surface area contributed by atoms with Crippen LogP contribution in [0.15, 0.2) is 18.2 Å². The predicted molar refractivity (Wildman–Crippen MR) is 76.9 cm³/mol. The van der Waals surface area contributed by atoms with E-state index in [1.165, 1.54) is 37.8 Å². The van der Waals surface area contributed by atoms with Gasteiger partial charge in [-0.05, 0) is 12.5 Å². The number of ether oxygens (including phenoxy) is 1. The van der Waals surface area contributed by atoms with Gasteiger partial charge in [0.05, 0.1) is 17.7 Å². The number of hydrogen-bond acceptors (Lipinski definition) is 4. The molecule has 106 valence electrons. The van der Waals surface area contributed by atoms with Gasteiger partial charge < -0.3 is 10.1 Å². The van der Waals surface area contributed by atoms with Crippen molar-refractivity contribution in [1.29, 1.82) is 0 Å². The molecule has 0 unspecified atom stereocenters. The minimum atomic E-state index is -0.397. The molecule has 0 spiro atoms. The maximum Gasteiger partial charge on any atom is 0.271 e. The molecule has 1 aromatic carbocycles. The van der Waals surface area contributed by atoms with Gasteiger partial charge in [-0.1, -0.05) is 32.6 Å². The SMILES string of the molecule is CCCCCCCNc1cc([N+](=O)[O-])ccc1OC. The van der Waals surface area contributed by atoms with Gasteiger partial charge >= 0.3 is 0 Å². The quantitative estimate of drug-likeness (QED) is 0.417. The smallest absolute Gasteiger partial charge is 0.271 e. The molecule has 0 radical (unpaired) electrons. The first-order chi connectivity index (χ1) is 9.19. The molecule has 19 heavy (non-hydrogen) atoms. The summed E-state index contributed by atoms with van der Waals surface area (Å²) in [5.41, 5.74) is 0.765. The van der Waals surface area contributed by atoms with E-state index >= 15 is 0 Å². The van der Waals surface area contributed by atoms with Gasteiger partial charge in [0.1, 0.15) is 5.75 Å². The van der Waals surface area contributed by atoms with Crippen LogP contribution in [0.25, 0.3) is 0 Å². The molecule has 0 bridgehead atoms. The van der Waals surface area contributed by atoms with Crippen LogP contribution in [-0.2, 0) is 0 Å². The van der Waals surface area contributed by atoms with Gasteiger partial charge in [0.15, 0.2) is 0 Å². The molecule has 0 heterocycles.